The van der Waals surface area contributed by atoms with Crippen molar-refractivity contribution in [3.05, 3.63) is 35.9 Å². The molecule has 17 heavy (non-hydrogen) atoms. The highest BCUT2D eigenvalue weighted by molar-refractivity contribution is 5.19. The highest BCUT2D eigenvalue weighted by Gasteiger charge is 2.16. The van der Waals surface area contributed by atoms with Crippen LogP contribution in [0, 0.1) is 5.92 Å². The number of hydrogen-bond acceptors (Lipinski definition) is 2. The lowest BCUT2D eigenvalue weighted by molar-refractivity contribution is 0.221. The van der Waals surface area contributed by atoms with Gasteiger partial charge in [0.2, 0.25) is 0 Å². The van der Waals surface area contributed by atoms with Crippen LogP contribution in [0.4, 0.5) is 0 Å². The number of benzene rings is 1. The zero-order valence-corrected chi connectivity index (χ0v) is 11.2. The maximum atomic E-state index is 9.29. The number of hydrogen-bond donors (Lipinski definition) is 2. The first-order valence-corrected chi connectivity index (χ1v) is 6.59. The summed E-state index contributed by atoms with van der Waals surface area (Å²) in [7, 11) is 0. The van der Waals surface area contributed by atoms with Crippen LogP contribution in [0.25, 0.3) is 0 Å². The van der Waals surface area contributed by atoms with E-state index in [0.717, 1.165) is 12.8 Å². The first kappa shape index (κ1) is 14.2. The maximum Gasteiger partial charge on any atom is 0.0584 e. The molecule has 1 unspecified atom stereocenters. The van der Waals surface area contributed by atoms with Crippen molar-refractivity contribution in [2.75, 3.05) is 6.61 Å². The SMILES string of the molecule is CC[C@@H](CO)NC(CC(C)C)c1ccccc1. The Balaban J connectivity index is 2.73. The Kier molecular flexibility index (Phi) is 6.23. The molecule has 0 saturated heterocycles. The van der Waals surface area contributed by atoms with Crippen molar-refractivity contribution in [3.63, 3.8) is 0 Å². The van der Waals surface area contributed by atoms with E-state index in [-0.39, 0.29) is 12.6 Å². The first-order chi connectivity index (χ1) is 8.17. The Morgan fingerprint density at radius 1 is 1.18 bits per heavy atom. The van der Waals surface area contributed by atoms with Crippen molar-refractivity contribution in [3.8, 4) is 0 Å². The summed E-state index contributed by atoms with van der Waals surface area (Å²) < 4.78 is 0. The molecule has 0 heterocycles. The zero-order valence-electron chi connectivity index (χ0n) is 11.2. The van der Waals surface area contributed by atoms with E-state index < -0.39 is 0 Å². The third-order valence-corrected chi connectivity index (χ3v) is 3.06. The van der Waals surface area contributed by atoms with E-state index in [2.05, 4.69) is 50.4 Å². The van der Waals surface area contributed by atoms with E-state index in [1.165, 1.54) is 5.56 Å². The zero-order chi connectivity index (χ0) is 12.7. The van der Waals surface area contributed by atoms with Crippen LogP contribution in [0.1, 0.15) is 45.2 Å². The summed E-state index contributed by atoms with van der Waals surface area (Å²) in [4.78, 5) is 0. The van der Waals surface area contributed by atoms with Gasteiger partial charge in [-0.3, -0.25) is 0 Å². The summed E-state index contributed by atoms with van der Waals surface area (Å²) in [5.41, 5.74) is 1.31. The second-order valence-corrected chi connectivity index (χ2v) is 5.05. The van der Waals surface area contributed by atoms with Crippen LogP contribution >= 0.6 is 0 Å². The van der Waals surface area contributed by atoms with Crippen LogP contribution in [-0.2, 0) is 0 Å². The van der Waals surface area contributed by atoms with Crippen molar-refractivity contribution in [1.29, 1.82) is 0 Å². The van der Waals surface area contributed by atoms with Gasteiger partial charge >= 0.3 is 0 Å². The molecule has 1 rings (SSSR count). The number of aliphatic hydroxyl groups is 1. The van der Waals surface area contributed by atoms with Crippen molar-refractivity contribution in [1.82, 2.24) is 5.32 Å². The van der Waals surface area contributed by atoms with Crippen molar-refractivity contribution in [2.45, 2.75) is 45.7 Å². The summed E-state index contributed by atoms with van der Waals surface area (Å²) in [6.07, 6.45) is 2.05. The van der Waals surface area contributed by atoms with E-state index in [0.29, 0.717) is 12.0 Å². The van der Waals surface area contributed by atoms with Gasteiger partial charge in [-0.1, -0.05) is 51.1 Å². The molecule has 0 aliphatic carbocycles. The summed E-state index contributed by atoms with van der Waals surface area (Å²) in [6.45, 7) is 6.78. The van der Waals surface area contributed by atoms with E-state index >= 15 is 0 Å². The Hall–Kier alpha value is -0.860. The van der Waals surface area contributed by atoms with Gasteiger partial charge in [0.25, 0.3) is 0 Å². The largest absolute Gasteiger partial charge is 0.395 e. The molecule has 2 N–H and O–H groups in total. The molecule has 0 bridgehead atoms. The second-order valence-electron chi connectivity index (χ2n) is 5.05. The fourth-order valence-corrected chi connectivity index (χ4v) is 2.04. The lowest BCUT2D eigenvalue weighted by Crippen LogP contribution is -2.35. The topological polar surface area (TPSA) is 32.3 Å². The van der Waals surface area contributed by atoms with E-state index in [4.69, 9.17) is 0 Å². The minimum atomic E-state index is 0.193. The fourth-order valence-electron chi connectivity index (χ4n) is 2.04. The monoisotopic (exact) mass is 235 g/mol. The molecule has 0 fully saturated rings. The molecule has 0 amide bonds. The van der Waals surface area contributed by atoms with Gasteiger partial charge in [0.1, 0.15) is 0 Å². The average Bonchev–Trinajstić information content (AvgIpc) is 2.35. The molecule has 1 aromatic rings. The predicted molar refractivity (Wildman–Crippen MR) is 72.9 cm³/mol. The van der Waals surface area contributed by atoms with E-state index in [9.17, 15) is 5.11 Å². The van der Waals surface area contributed by atoms with Crippen molar-refractivity contribution < 1.29 is 5.11 Å². The van der Waals surface area contributed by atoms with Crippen LogP contribution in [0.3, 0.4) is 0 Å². The van der Waals surface area contributed by atoms with Crippen molar-refractivity contribution in [2.24, 2.45) is 5.92 Å². The molecule has 0 aromatic heterocycles. The second kappa shape index (κ2) is 7.46. The van der Waals surface area contributed by atoms with Gasteiger partial charge < -0.3 is 10.4 Å². The Bertz CT molecular complexity index is 293. The summed E-state index contributed by atoms with van der Waals surface area (Å²) in [6, 6.07) is 11.0. The molecule has 2 heteroatoms. The molecule has 96 valence electrons. The summed E-state index contributed by atoms with van der Waals surface area (Å²) in [5, 5.41) is 12.8. The molecule has 0 aliphatic rings. The van der Waals surface area contributed by atoms with Gasteiger partial charge in [0.05, 0.1) is 6.61 Å². The Morgan fingerprint density at radius 3 is 2.29 bits per heavy atom. The van der Waals surface area contributed by atoms with Crippen LogP contribution in [-0.4, -0.2) is 17.8 Å². The normalized spacial score (nSPS) is 14.9. The van der Waals surface area contributed by atoms with Crippen molar-refractivity contribution >= 4 is 0 Å². The van der Waals surface area contributed by atoms with Crippen LogP contribution in [0.2, 0.25) is 0 Å². The third-order valence-electron chi connectivity index (χ3n) is 3.06. The minimum Gasteiger partial charge on any atom is -0.395 e. The molecule has 0 saturated carbocycles. The quantitative estimate of drug-likeness (QED) is 0.761. The number of rotatable bonds is 7. The Labute approximate surface area is 105 Å². The smallest absolute Gasteiger partial charge is 0.0584 e. The molecular formula is C15H25NO. The molecule has 1 aromatic carbocycles. The van der Waals surface area contributed by atoms with Crippen LogP contribution < -0.4 is 5.32 Å². The van der Waals surface area contributed by atoms with Gasteiger partial charge in [-0.2, -0.15) is 0 Å². The van der Waals surface area contributed by atoms with Gasteiger partial charge in [0, 0.05) is 12.1 Å². The summed E-state index contributed by atoms with van der Waals surface area (Å²) in [5.74, 6) is 0.643. The Morgan fingerprint density at radius 2 is 1.82 bits per heavy atom. The fraction of sp³-hybridized carbons (Fsp3) is 0.600. The molecule has 0 radical (unpaired) electrons. The molecule has 2 nitrogen and oxygen atoms in total. The first-order valence-electron chi connectivity index (χ1n) is 6.59. The molecular weight excluding hydrogens is 210 g/mol. The molecule has 2 atom stereocenters. The summed E-state index contributed by atoms with van der Waals surface area (Å²) >= 11 is 0. The predicted octanol–water partition coefficient (Wildman–Crippen LogP) is 3.13. The standard InChI is InChI=1S/C15H25NO/c1-4-14(11-17)16-15(10-12(2)3)13-8-6-5-7-9-13/h5-9,12,14-17H,4,10-11H2,1-3H3/t14-,15?/m0/s1. The van der Waals surface area contributed by atoms with E-state index in [1.54, 1.807) is 0 Å². The number of aliphatic hydroxyl groups excluding tert-OH is 1. The lowest BCUT2D eigenvalue weighted by atomic mass is 9.96. The van der Waals surface area contributed by atoms with Gasteiger partial charge in [0.15, 0.2) is 0 Å². The van der Waals surface area contributed by atoms with Crippen LogP contribution in [0.15, 0.2) is 30.3 Å². The third kappa shape index (κ3) is 4.88. The van der Waals surface area contributed by atoms with Gasteiger partial charge in [-0.05, 0) is 24.3 Å². The number of nitrogens with one attached hydrogen (secondary N) is 1. The van der Waals surface area contributed by atoms with Gasteiger partial charge in [-0.15, -0.1) is 0 Å². The maximum absolute atomic E-state index is 9.29. The molecule has 0 spiro atoms. The minimum absolute atomic E-state index is 0.193. The van der Waals surface area contributed by atoms with E-state index in [1.807, 2.05) is 6.07 Å². The molecule has 0 aliphatic heterocycles. The van der Waals surface area contributed by atoms with Gasteiger partial charge in [-0.25, -0.2) is 0 Å². The lowest BCUT2D eigenvalue weighted by Gasteiger charge is -2.25. The van der Waals surface area contributed by atoms with Crippen LogP contribution in [0.5, 0.6) is 0 Å². The average molecular weight is 235 g/mol. The highest BCUT2D eigenvalue weighted by atomic mass is 16.3. The highest BCUT2D eigenvalue weighted by Crippen LogP contribution is 2.21.